The zero-order valence-corrected chi connectivity index (χ0v) is 10.5. The van der Waals surface area contributed by atoms with Crippen LogP contribution in [0.3, 0.4) is 0 Å². The maximum absolute atomic E-state index is 3.52. The molecule has 0 aliphatic carbocycles. The molecule has 1 aromatic carbocycles. The topological polar surface area (TPSA) is 0 Å². The summed E-state index contributed by atoms with van der Waals surface area (Å²) in [5.41, 5.74) is 1.46. The van der Waals surface area contributed by atoms with E-state index in [1.165, 1.54) is 5.56 Å². The maximum Gasteiger partial charge on any atom is 0.0779 e. The van der Waals surface area contributed by atoms with Gasteiger partial charge in [0.05, 0.1) is 8.07 Å². The Balaban J connectivity index is 3.14. The van der Waals surface area contributed by atoms with Crippen LogP contribution in [-0.2, 0) is 5.33 Å². The van der Waals surface area contributed by atoms with Crippen molar-refractivity contribution in [3.63, 3.8) is 0 Å². The van der Waals surface area contributed by atoms with E-state index in [0.29, 0.717) is 0 Å². The SMILES string of the molecule is C[Si](C)(C)c1ccccc1CBr. The Morgan fingerprint density at radius 2 is 1.75 bits per heavy atom. The van der Waals surface area contributed by atoms with E-state index in [9.17, 15) is 0 Å². The van der Waals surface area contributed by atoms with Crippen molar-refractivity contribution in [2.75, 3.05) is 0 Å². The third-order valence-corrected chi connectivity index (χ3v) is 4.68. The Hall–Kier alpha value is -0.0831. The first-order chi connectivity index (χ1) is 5.55. The van der Waals surface area contributed by atoms with Crippen molar-refractivity contribution in [3.05, 3.63) is 29.8 Å². The molecule has 1 rings (SSSR count). The molecule has 0 saturated heterocycles. The first-order valence-corrected chi connectivity index (χ1v) is 8.82. The summed E-state index contributed by atoms with van der Waals surface area (Å²) in [4.78, 5) is 0. The molecule has 0 radical (unpaired) electrons. The zero-order chi connectivity index (χ0) is 9.19. The molecule has 0 fully saturated rings. The van der Waals surface area contributed by atoms with Crippen molar-refractivity contribution < 1.29 is 0 Å². The highest BCUT2D eigenvalue weighted by Gasteiger charge is 2.18. The number of alkyl halides is 1. The van der Waals surface area contributed by atoms with Gasteiger partial charge in [0.1, 0.15) is 0 Å². The van der Waals surface area contributed by atoms with Crippen LogP contribution in [-0.4, -0.2) is 8.07 Å². The smallest absolute Gasteiger partial charge is 0.0779 e. The van der Waals surface area contributed by atoms with Crippen molar-refractivity contribution in [2.45, 2.75) is 25.0 Å². The molecule has 0 aliphatic rings. The van der Waals surface area contributed by atoms with Crippen LogP contribution in [0.1, 0.15) is 5.56 Å². The minimum absolute atomic E-state index is 0.980. The van der Waals surface area contributed by atoms with Gasteiger partial charge in [-0.1, -0.05) is 65.0 Å². The molecule has 1 aromatic rings. The van der Waals surface area contributed by atoms with Crippen LogP contribution in [0.15, 0.2) is 24.3 Å². The highest BCUT2D eigenvalue weighted by atomic mass is 79.9. The fourth-order valence-corrected chi connectivity index (χ4v) is 3.85. The van der Waals surface area contributed by atoms with Crippen molar-refractivity contribution in [1.82, 2.24) is 0 Å². The van der Waals surface area contributed by atoms with Crippen LogP contribution in [0.4, 0.5) is 0 Å². The molecule has 0 bridgehead atoms. The quantitative estimate of drug-likeness (QED) is 0.553. The molecule has 12 heavy (non-hydrogen) atoms. The van der Waals surface area contributed by atoms with Crippen molar-refractivity contribution in [3.8, 4) is 0 Å². The first-order valence-electron chi connectivity index (χ1n) is 4.20. The highest BCUT2D eigenvalue weighted by Crippen LogP contribution is 2.09. The summed E-state index contributed by atoms with van der Waals surface area (Å²) in [5.74, 6) is 0. The van der Waals surface area contributed by atoms with Crippen molar-refractivity contribution in [2.24, 2.45) is 0 Å². The third kappa shape index (κ3) is 2.20. The molecule has 0 N–H and O–H groups in total. The van der Waals surface area contributed by atoms with Crippen molar-refractivity contribution in [1.29, 1.82) is 0 Å². The molecule has 0 nitrogen and oxygen atoms in total. The predicted molar refractivity (Wildman–Crippen MR) is 62.1 cm³/mol. The Bertz CT molecular complexity index is 263. The van der Waals surface area contributed by atoms with E-state index in [-0.39, 0.29) is 0 Å². The van der Waals surface area contributed by atoms with E-state index in [2.05, 4.69) is 59.8 Å². The van der Waals surface area contributed by atoms with Gasteiger partial charge in [-0.25, -0.2) is 0 Å². The van der Waals surface area contributed by atoms with Gasteiger partial charge in [0.25, 0.3) is 0 Å². The van der Waals surface area contributed by atoms with Gasteiger partial charge in [0.2, 0.25) is 0 Å². The lowest BCUT2D eigenvalue weighted by molar-refractivity contribution is 1.46. The van der Waals surface area contributed by atoms with Crippen LogP contribution in [0.25, 0.3) is 0 Å². The summed E-state index contributed by atoms with van der Waals surface area (Å²) in [6, 6.07) is 8.73. The molecule has 0 amide bonds. The molecule has 0 saturated carbocycles. The van der Waals surface area contributed by atoms with E-state index in [4.69, 9.17) is 0 Å². The lowest BCUT2D eigenvalue weighted by Gasteiger charge is -2.19. The summed E-state index contributed by atoms with van der Waals surface area (Å²) < 4.78 is 0. The Kier molecular flexibility index (Phi) is 3.13. The monoisotopic (exact) mass is 242 g/mol. The molecule has 0 spiro atoms. The van der Waals surface area contributed by atoms with E-state index >= 15 is 0 Å². The number of hydrogen-bond acceptors (Lipinski definition) is 0. The largest absolute Gasteiger partial charge is 0.0876 e. The number of halogens is 1. The average molecular weight is 243 g/mol. The Morgan fingerprint density at radius 3 is 2.17 bits per heavy atom. The van der Waals surface area contributed by atoms with Crippen LogP contribution in [0.2, 0.25) is 19.6 Å². The third-order valence-electron chi connectivity index (χ3n) is 1.97. The first kappa shape index (κ1) is 10.0. The van der Waals surface area contributed by atoms with Gasteiger partial charge >= 0.3 is 0 Å². The summed E-state index contributed by atoms with van der Waals surface area (Å²) in [6.07, 6.45) is 0. The molecule has 66 valence electrons. The summed E-state index contributed by atoms with van der Waals surface area (Å²) in [6.45, 7) is 7.15. The van der Waals surface area contributed by atoms with Crippen LogP contribution < -0.4 is 5.19 Å². The number of rotatable bonds is 2. The summed E-state index contributed by atoms with van der Waals surface area (Å²) in [5, 5.41) is 2.55. The second-order valence-corrected chi connectivity index (χ2v) is 9.64. The molecular weight excluding hydrogens is 228 g/mol. The molecule has 0 unspecified atom stereocenters. The molecule has 0 aliphatic heterocycles. The second-order valence-electron chi connectivity index (χ2n) is 4.04. The van der Waals surface area contributed by atoms with E-state index in [1.807, 2.05) is 0 Å². The van der Waals surface area contributed by atoms with Crippen LogP contribution >= 0.6 is 15.9 Å². The summed E-state index contributed by atoms with van der Waals surface area (Å²) >= 11 is 3.52. The number of hydrogen-bond donors (Lipinski definition) is 0. The molecule has 0 aromatic heterocycles. The van der Waals surface area contributed by atoms with Gasteiger partial charge in [0.15, 0.2) is 0 Å². The van der Waals surface area contributed by atoms with Gasteiger partial charge in [-0.3, -0.25) is 0 Å². The fourth-order valence-electron chi connectivity index (χ4n) is 1.37. The molecule has 0 atom stereocenters. The van der Waals surface area contributed by atoms with Gasteiger partial charge in [-0.2, -0.15) is 0 Å². The summed E-state index contributed by atoms with van der Waals surface area (Å²) in [7, 11) is -1.13. The van der Waals surface area contributed by atoms with Crippen molar-refractivity contribution >= 4 is 29.2 Å². The minimum Gasteiger partial charge on any atom is -0.0876 e. The molecular formula is C10H15BrSi. The van der Waals surface area contributed by atoms with E-state index < -0.39 is 8.07 Å². The average Bonchev–Trinajstić information content (AvgIpc) is 2.03. The Labute approximate surface area is 84.1 Å². The van der Waals surface area contributed by atoms with E-state index in [1.54, 1.807) is 5.19 Å². The zero-order valence-electron chi connectivity index (χ0n) is 7.89. The standard InChI is InChI=1S/C10H15BrSi/c1-12(2,3)10-7-5-4-6-9(10)8-11/h4-7H,8H2,1-3H3. The predicted octanol–water partition coefficient (Wildman–Crippen LogP) is 3.13. The number of benzene rings is 1. The second kappa shape index (κ2) is 3.75. The van der Waals surface area contributed by atoms with E-state index in [0.717, 1.165) is 5.33 Å². The van der Waals surface area contributed by atoms with Crippen LogP contribution in [0.5, 0.6) is 0 Å². The fraction of sp³-hybridized carbons (Fsp3) is 0.400. The lowest BCUT2D eigenvalue weighted by atomic mass is 10.2. The molecule has 2 heteroatoms. The Morgan fingerprint density at radius 1 is 1.17 bits per heavy atom. The van der Waals surface area contributed by atoms with Gasteiger partial charge in [-0.05, 0) is 5.56 Å². The minimum atomic E-state index is -1.13. The highest BCUT2D eigenvalue weighted by molar-refractivity contribution is 9.08. The normalized spacial score (nSPS) is 11.7. The molecule has 0 heterocycles. The van der Waals surface area contributed by atoms with Crippen LogP contribution in [0, 0.1) is 0 Å². The van der Waals surface area contributed by atoms with Gasteiger partial charge in [0, 0.05) is 5.33 Å². The maximum atomic E-state index is 3.52. The lowest BCUT2D eigenvalue weighted by Crippen LogP contribution is -2.39. The van der Waals surface area contributed by atoms with Gasteiger partial charge < -0.3 is 0 Å². The van der Waals surface area contributed by atoms with Gasteiger partial charge in [-0.15, -0.1) is 0 Å².